The Balaban J connectivity index is 2.19. The first-order valence-corrected chi connectivity index (χ1v) is 5.68. The second-order valence-electron chi connectivity index (χ2n) is 4.68. The van der Waals surface area contributed by atoms with Gasteiger partial charge in [0.15, 0.2) is 0 Å². The van der Waals surface area contributed by atoms with Gasteiger partial charge in [0.1, 0.15) is 6.04 Å². The van der Waals surface area contributed by atoms with Gasteiger partial charge in [-0.05, 0) is 39.7 Å². The molecule has 1 aliphatic rings. The van der Waals surface area contributed by atoms with Crippen LogP contribution in [0.1, 0.15) is 26.7 Å². The van der Waals surface area contributed by atoms with Crippen molar-refractivity contribution in [2.45, 2.75) is 38.8 Å². The molecule has 88 valence electrons. The van der Waals surface area contributed by atoms with Crippen LogP contribution in [0.25, 0.3) is 0 Å². The van der Waals surface area contributed by atoms with Crippen molar-refractivity contribution in [2.75, 3.05) is 20.1 Å². The Kier molecular flexibility index (Phi) is 4.54. The summed E-state index contributed by atoms with van der Waals surface area (Å²) in [6.07, 6.45) is 2.12. The SMILES string of the molecule is CC(C)N(C)CCNC(C(=O)O)C1CC1. The van der Waals surface area contributed by atoms with Crippen LogP contribution in [0.3, 0.4) is 0 Å². The zero-order chi connectivity index (χ0) is 11.4. The minimum absolute atomic E-state index is 0.328. The van der Waals surface area contributed by atoms with Crippen molar-refractivity contribution in [3.8, 4) is 0 Å². The fourth-order valence-electron chi connectivity index (χ4n) is 1.54. The number of likely N-dealkylation sites (N-methyl/N-ethyl adjacent to an activating group) is 1. The molecule has 0 aromatic carbocycles. The Morgan fingerprint density at radius 2 is 2.13 bits per heavy atom. The second kappa shape index (κ2) is 5.47. The van der Waals surface area contributed by atoms with E-state index in [1.165, 1.54) is 0 Å². The maximum absolute atomic E-state index is 10.9. The van der Waals surface area contributed by atoms with E-state index in [-0.39, 0.29) is 6.04 Å². The van der Waals surface area contributed by atoms with Gasteiger partial charge in [-0.3, -0.25) is 4.79 Å². The molecule has 1 unspecified atom stereocenters. The van der Waals surface area contributed by atoms with Crippen LogP contribution < -0.4 is 5.32 Å². The smallest absolute Gasteiger partial charge is 0.320 e. The molecule has 1 atom stereocenters. The molecule has 0 heterocycles. The van der Waals surface area contributed by atoms with E-state index in [1.807, 2.05) is 0 Å². The standard InChI is InChI=1S/C11H22N2O2/c1-8(2)13(3)7-6-12-10(11(14)15)9-4-5-9/h8-10,12H,4-7H2,1-3H3,(H,14,15). The topological polar surface area (TPSA) is 52.6 Å². The molecule has 0 spiro atoms. The number of carboxylic acid groups (broad SMARTS) is 1. The Morgan fingerprint density at radius 1 is 1.53 bits per heavy atom. The normalized spacial score (nSPS) is 18.5. The van der Waals surface area contributed by atoms with E-state index >= 15 is 0 Å². The van der Waals surface area contributed by atoms with E-state index in [2.05, 4.69) is 31.1 Å². The number of aliphatic carboxylic acids is 1. The highest BCUT2D eigenvalue weighted by atomic mass is 16.4. The van der Waals surface area contributed by atoms with E-state index in [0.717, 1.165) is 25.9 Å². The highest BCUT2D eigenvalue weighted by Gasteiger charge is 2.35. The molecule has 15 heavy (non-hydrogen) atoms. The summed E-state index contributed by atoms with van der Waals surface area (Å²) in [5.74, 6) is -0.337. The van der Waals surface area contributed by atoms with Gasteiger partial charge in [-0.25, -0.2) is 0 Å². The van der Waals surface area contributed by atoms with Crippen LogP contribution in [-0.2, 0) is 4.79 Å². The van der Waals surface area contributed by atoms with Gasteiger partial charge in [0.2, 0.25) is 0 Å². The van der Waals surface area contributed by atoms with Crippen molar-refractivity contribution in [3.05, 3.63) is 0 Å². The third-order valence-corrected chi connectivity index (χ3v) is 3.07. The van der Waals surface area contributed by atoms with Gasteiger partial charge in [0.05, 0.1) is 0 Å². The van der Waals surface area contributed by atoms with Crippen LogP contribution in [0, 0.1) is 5.92 Å². The number of carboxylic acids is 1. The fourth-order valence-corrected chi connectivity index (χ4v) is 1.54. The van der Waals surface area contributed by atoms with Gasteiger partial charge < -0.3 is 15.3 Å². The lowest BCUT2D eigenvalue weighted by atomic mass is 10.2. The summed E-state index contributed by atoms with van der Waals surface area (Å²) in [5, 5.41) is 12.1. The lowest BCUT2D eigenvalue weighted by Gasteiger charge is -2.22. The summed E-state index contributed by atoms with van der Waals surface area (Å²) in [6, 6.07) is 0.182. The van der Waals surface area contributed by atoms with Crippen LogP contribution in [0.2, 0.25) is 0 Å². The van der Waals surface area contributed by atoms with Gasteiger partial charge in [-0.15, -0.1) is 0 Å². The quantitative estimate of drug-likeness (QED) is 0.657. The number of rotatable bonds is 7. The molecule has 4 heteroatoms. The van der Waals surface area contributed by atoms with Gasteiger partial charge in [-0.2, -0.15) is 0 Å². The average Bonchev–Trinajstić information content (AvgIpc) is 2.94. The van der Waals surface area contributed by atoms with Crippen molar-refractivity contribution < 1.29 is 9.90 Å². The van der Waals surface area contributed by atoms with Crippen molar-refractivity contribution in [2.24, 2.45) is 5.92 Å². The molecule has 1 aliphatic carbocycles. The first-order chi connectivity index (χ1) is 7.02. The van der Waals surface area contributed by atoms with Gasteiger partial charge in [0, 0.05) is 19.1 Å². The highest BCUT2D eigenvalue weighted by molar-refractivity contribution is 5.74. The van der Waals surface area contributed by atoms with Crippen molar-refractivity contribution in [3.63, 3.8) is 0 Å². The first-order valence-electron chi connectivity index (χ1n) is 5.68. The Morgan fingerprint density at radius 3 is 2.53 bits per heavy atom. The first kappa shape index (κ1) is 12.5. The summed E-state index contributed by atoms with van der Waals surface area (Å²) in [7, 11) is 2.05. The molecule has 0 aromatic heterocycles. The molecular formula is C11H22N2O2. The molecule has 0 radical (unpaired) electrons. The summed E-state index contributed by atoms with van der Waals surface area (Å²) in [4.78, 5) is 13.1. The third kappa shape index (κ3) is 4.18. The third-order valence-electron chi connectivity index (χ3n) is 3.07. The zero-order valence-electron chi connectivity index (χ0n) is 9.86. The number of carbonyl (C=O) groups is 1. The molecule has 4 nitrogen and oxygen atoms in total. The Bertz CT molecular complexity index is 215. The van der Waals surface area contributed by atoms with Crippen LogP contribution in [0.4, 0.5) is 0 Å². The van der Waals surface area contributed by atoms with Crippen molar-refractivity contribution in [1.82, 2.24) is 10.2 Å². The minimum Gasteiger partial charge on any atom is -0.480 e. The fraction of sp³-hybridized carbons (Fsp3) is 0.909. The second-order valence-corrected chi connectivity index (χ2v) is 4.68. The maximum atomic E-state index is 10.9. The van der Waals surface area contributed by atoms with E-state index in [0.29, 0.717) is 12.0 Å². The lowest BCUT2D eigenvalue weighted by Crippen LogP contribution is -2.43. The minimum atomic E-state index is -0.704. The molecular weight excluding hydrogens is 192 g/mol. The number of nitrogens with zero attached hydrogens (tertiary/aromatic N) is 1. The van der Waals surface area contributed by atoms with Crippen LogP contribution in [0.15, 0.2) is 0 Å². The maximum Gasteiger partial charge on any atom is 0.320 e. The lowest BCUT2D eigenvalue weighted by molar-refractivity contribution is -0.140. The summed E-state index contributed by atoms with van der Waals surface area (Å²) >= 11 is 0. The molecule has 0 bridgehead atoms. The average molecular weight is 214 g/mol. The Labute approximate surface area is 91.6 Å². The van der Waals surface area contributed by atoms with E-state index in [9.17, 15) is 4.79 Å². The molecule has 1 saturated carbocycles. The van der Waals surface area contributed by atoms with E-state index in [4.69, 9.17) is 5.11 Å². The van der Waals surface area contributed by atoms with Crippen LogP contribution in [-0.4, -0.2) is 48.2 Å². The summed E-state index contributed by atoms with van der Waals surface area (Å²) in [6.45, 7) is 5.92. The summed E-state index contributed by atoms with van der Waals surface area (Å²) < 4.78 is 0. The monoisotopic (exact) mass is 214 g/mol. The van der Waals surface area contributed by atoms with Gasteiger partial charge in [0.25, 0.3) is 0 Å². The predicted octanol–water partition coefficient (Wildman–Crippen LogP) is 0.779. The molecule has 2 N–H and O–H groups in total. The largest absolute Gasteiger partial charge is 0.480 e. The van der Waals surface area contributed by atoms with E-state index in [1.54, 1.807) is 0 Å². The van der Waals surface area contributed by atoms with Crippen LogP contribution in [0.5, 0.6) is 0 Å². The molecule has 0 aromatic rings. The zero-order valence-corrected chi connectivity index (χ0v) is 9.86. The number of hydrogen-bond donors (Lipinski definition) is 2. The molecule has 0 saturated heterocycles. The van der Waals surface area contributed by atoms with Crippen molar-refractivity contribution in [1.29, 1.82) is 0 Å². The number of hydrogen-bond acceptors (Lipinski definition) is 3. The number of nitrogens with one attached hydrogen (secondary N) is 1. The molecule has 0 aliphatic heterocycles. The van der Waals surface area contributed by atoms with Crippen molar-refractivity contribution >= 4 is 5.97 Å². The van der Waals surface area contributed by atoms with Gasteiger partial charge in [-0.1, -0.05) is 0 Å². The van der Waals surface area contributed by atoms with Gasteiger partial charge >= 0.3 is 5.97 Å². The molecule has 1 fully saturated rings. The Hall–Kier alpha value is -0.610. The van der Waals surface area contributed by atoms with E-state index < -0.39 is 5.97 Å². The highest BCUT2D eigenvalue weighted by Crippen LogP contribution is 2.32. The summed E-state index contributed by atoms with van der Waals surface area (Å²) in [5.41, 5.74) is 0. The predicted molar refractivity (Wildman–Crippen MR) is 59.9 cm³/mol. The van der Waals surface area contributed by atoms with Crippen LogP contribution >= 0.6 is 0 Å². The molecule has 0 amide bonds. The molecule has 1 rings (SSSR count).